The molecule has 1 amide bonds. The Hall–Kier alpha value is -2.71. The first-order valence-electron chi connectivity index (χ1n) is 7.83. The largest absolute Gasteiger partial charge is 0.356 e. The number of nitro groups is 1. The van der Waals surface area contributed by atoms with Crippen molar-refractivity contribution in [3.8, 4) is 0 Å². The van der Waals surface area contributed by atoms with Crippen LogP contribution in [0, 0.1) is 30.9 Å². The number of carbonyl (C=O) groups excluding carboxylic acids is 1. The highest BCUT2D eigenvalue weighted by molar-refractivity contribution is 5.75. The number of aryl methyl sites for hydroxylation is 4. The zero-order valence-electron chi connectivity index (χ0n) is 14.2. The fourth-order valence-corrected chi connectivity index (χ4v) is 2.52. The number of nitrogens with zero attached hydrogens (tertiary/aromatic N) is 5. The predicted octanol–water partition coefficient (Wildman–Crippen LogP) is 1.51. The monoisotopic (exact) mass is 334 g/mol. The van der Waals surface area contributed by atoms with E-state index in [9.17, 15) is 14.9 Å². The summed E-state index contributed by atoms with van der Waals surface area (Å²) in [5, 5.41) is 22.2. The maximum atomic E-state index is 11.9. The second-order valence-electron chi connectivity index (χ2n) is 5.67. The summed E-state index contributed by atoms with van der Waals surface area (Å²) in [7, 11) is 0. The molecule has 2 aromatic heterocycles. The number of hydrogen-bond donors (Lipinski definition) is 1. The van der Waals surface area contributed by atoms with Crippen LogP contribution in [0.2, 0.25) is 0 Å². The minimum atomic E-state index is -0.439. The minimum Gasteiger partial charge on any atom is -0.356 e. The molecule has 2 heterocycles. The van der Waals surface area contributed by atoms with Gasteiger partial charge in [-0.2, -0.15) is 10.2 Å². The lowest BCUT2D eigenvalue weighted by Gasteiger charge is -2.06. The predicted molar refractivity (Wildman–Crippen MR) is 87.6 cm³/mol. The van der Waals surface area contributed by atoms with E-state index in [1.165, 1.54) is 4.68 Å². The number of nitrogens with one attached hydrogen (secondary N) is 1. The zero-order chi connectivity index (χ0) is 17.7. The fraction of sp³-hybridized carbons (Fsp3) is 0.533. The fourth-order valence-electron chi connectivity index (χ4n) is 2.52. The number of aromatic nitrogens is 4. The van der Waals surface area contributed by atoms with Gasteiger partial charge in [-0.05, 0) is 33.3 Å². The van der Waals surface area contributed by atoms with E-state index in [-0.39, 0.29) is 18.0 Å². The summed E-state index contributed by atoms with van der Waals surface area (Å²) < 4.78 is 3.36. The van der Waals surface area contributed by atoms with E-state index in [2.05, 4.69) is 15.5 Å². The minimum absolute atomic E-state index is 0.0184. The van der Waals surface area contributed by atoms with Gasteiger partial charge in [0.2, 0.25) is 5.91 Å². The second-order valence-corrected chi connectivity index (χ2v) is 5.67. The van der Waals surface area contributed by atoms with Crippen LogP contribution in [0.15, 0.2) is 12.3 Å². The molecule has 0 radical (unpaired) electrons. The van der Waals surface area contributed by atoms with Crippen molar-refractivity contribution in [2.24, 2.45) is 0 Å². The van der Waals surface area contributed by atoms with Gasteiger partial charge in [-0.1, -0.05) is 0 Å². The Morgan fingerprint density at radius 2 is 2.04 bits per heavy atom. The SMILES string of the molecule is Cc1ccn(CCCNC(=O)CCn2nc(C)c([N+](=O)[O-])c2C)n1. The van der Waals surface area contributed by atoms with E-state index in [1.54, 1.807) is 13.8 Å². The van der Waals surface area contributed by atoms with E-state index in [4.69, 9.17) is 0 Å². The lowest BCUT2D eigenvalue weighted by atomic mass is 10.3. The Labute approximate surface area is 139 Å². The van der Waals surface area contributed by atoms with Crippen LogP contribution in [-0.2, 0) is 17.9 Å². The molecule has 0 unspecified atom stereocenters. The zero-order valence-corrected chi connectivity index (χ0v) is 14.2. The third kappa shape index (κ3) is 4.40. The lowest BCUT2D eigenvalue weighted by Crippen LogP contribution is -2.26. The van der Waals surface area contributed by atoms with Crippen LogP contribution < -0.4 is 5.32 Å². The highest BCUT2D eigenvalue weighted by Gasteiger charge is 2.21. The Balaban J connectivity index is 1.73. The summed E-state index contributed by atoms with van der Waals surface area (Å²) in [6.45, 7) is 6.81. The topological polar surface area (TPSA) is 108 Å². The molecule has 24 heavy (non-hydrogen) atoms. The average molecular weight is 334 g/mol. The first kappa shape index (κ1) is 17.6. The standard InChI is InChI=1S/C15H22N6O3/c1-11-5-9-19(17-11)8-4-7-16-14(22)6-10-20-13(3)15(21(23)24)12(2)18-20/h5,9H,4,6-8,10H2,1-3H3,(H,16,22). The van der Waals surface area contributed by atoms with Gasteiger partial charge in [-0.15, -0.1) is 0 Å². The van der Waals surface area contributed by atoms with Crippen molar-refractivity contribution >= 4 is 11.6 Å². The smallest absolute Gasteiger partial charge is 0.312 e. The van der Waals surface area contributed by atoms with Gasteiger partial charge in [-0.25, -0.2) is 0 Å². The third-order valence-corrected chi connectivity index (χ3v) is 3.74. The molecule has 0 aromatic carbocycles. The van der Waals surface area contributed by atoms with Crippen molar-refractivity contribution < 1.29 is 9.72 Å². The van der Waals surface area contributed by atoms with Crippen LogP contribution in [0.25, 0.3) is 0 Å². The molecule has 1 N–H and O–H groups in total. The van der Waals surface area contributed by atoms with Gasteiger partial charge in [0, 0.05) is 25.7 Å². The summed E-state index contributed by atoms with van der Waals surface area (Å²) in [5.41, 5.74) is 1.83. The Bertz CT molecular complexity index is 734. The molecule has 0 atom stereocenters. The maximum absolute atomic E-state index is 11.9. The second kappa shape index (κ2) is 7.71. The molecular weight excluding hydrogens is 312 g/mol. The molecule has 0 saturated heterocycles. The summed E-state index contributed by atoms with van der Waals surface area (Å²) in [6.07, 6.45) is 2.94. The number of amides is 1. The number of rotatable bonds is 8. The summed E-state index contributed by atoms with van der Waals surface area (Å²) >= 11 is 0. The first-order chi connectivity index (χ1) is 11.4. The van der Waals surface area contributed by atoms with Gasteiger partial charge in [0.15, 0.2) is 0 Å². The Kier molecular flexibility index (Phi) is 5.67. The van der Waals surface area contributed by atoms with Crippen molar-refractivity contribution in [1.29, 1.82) is 0 Å². The summed E-state index contributed by atoms with van der Waals surface area (Å²) in [4.78, 5) is 22.4. The van der Waals surface area contributed by atoms with Crippen LogP contribution in [0.1, 0.15) is 29.9 Å². The molecule has 0 aliphatic heterocycles. The first-order valence-corrected chi connectivity index (χ1v) is 7.83. The molecule has 0 aliphatic rings. The van der Waals surface area contributed by atoms with Gasteiger partial charge in [0.05, 0.1) is 17.2 Å². The normalized spacial score (nSPS) is 10.8. The van der Waals surface area contributed by atoms with Crippen molar-refractivity contribution in [2.75, 3.05) is 6.54 Å². The van der Waals surface area contributed by atoms with Crippen molar-refractivity contribution in [1.82, 2.24) is 24.9 Å². The van der Waals surface area contributed by atoms with Gasteiger partial charge < -0.3 is 5.32 Å². The van der Waals surface area contributed by atoms with Gasteiger partial charge in [-0.3, -0.25) is 24.3 Å². The van der Waals surface area contributed by atoms with Crippen LogP contribution in [0.5, 0.6) is 0 Å². The van der Waals surface area contributed by atoms with Gasteiger partial charge >= 0.3 is 5.69 Å². The molecule has 0 bridgehead atoms. The molecule has 9 heteroatoms. The van der Waals surface area contributed by atoms with Gasteiger partial charge in [0.1, 0.15) is 11.4 Å². The van der Waals surface area contributed by atoms with E-state index >= 15 is 0 Å². The van der Waals surface area contributed by atoms with Crippen LogP contribution in [0.4, 0.5) is 5.69 Å². The van der Waals surface area contributed by atoms with Crippen LogP contribution in [0.3, 0.4) is 0 Å². The molecule has 0 saturated carbocycles. The number of carbonyl (C=O) groups is 1. The molecule has 2 aromatic rings. The number of hydrogen-bond acceptors (Lipinski definition) is 5. The van der Waals surface area contributed by atoms with Crippen molar-refractivity contribution in [2.45, 2.75) is 46.7 Å². The molecule has 9 nitrogen and oxygen atoms in total. The van der Waals surface area contributed by atoms with Crippen LogP contribution in [-0.4, -0.2) is 36.9 Å². The van der Waals surface area contributed by atoms with Crippen LogP contribution >= 0.6 is 0 Å². The highest BCUT2D eigenvalue weighted by atomic mass is 16.6. The van der Waals surface area contributed by atoms with E-state index in [0.717, 1.165) is 18.7 Å². The van der Waals surface area contributed by atoms with Crippen molar-refractivity contribution in [3.63, 3.8) is 0 Å². The molecular formula is C15H22N6O3. The van der Waals surface area contributed by atoms with Gasteiger partial charge in [0.25, 0.3) is 0 Å². The van der Waals surface area contributed by atoms with E-state index in [0.29, 0.717) is 24.5 Å². The Morgan fingerprint density at radius 3 is 2.62 bits per heavy atom. The molecule has 0 fully saturated rings. The summed E-state index contributed by atoms with van der Waals surface area (Å²) in [5.74, 6) is -0.0955. The summed E-state index contributed by atoms with van der Waals surface area (Å²) in [6, 6.07) is 1.94. The van der Waals surface area contributed by atoms with E-state index in [1.807, 2.05) is 23.9 Å². The molecule has 130 valence electrons. The average Bonchev–Trinajstić information content (AvgIpc) is 3.04. The third-order valence-electron chi connectivity index (χ3n) is 3.74. The van der Waals surface area contributed by atoms with E-state index < -0.39 is 4.92 Å². The molecule has 2 rings (SSSR count). The lowest BCUT2D eigenvalue weighted by molar-refractivity contribution is -0.386. The maximum Gasteiger partial charge on any atom is 0.312 e. The highest BCUT2D eigenvalue weighted by Crippen LogP contribution is 2.21. The quantitative estimate of drug-likeness (QED) is 0.447. The van der Waals surface area contributed by atoms with Crippen molar-refractivity contribution in [3.05, 3.63) is 39.5 Å². The molecule has 0 spiro atoms. The molecule has 0 aliphatic carbocycles. The Morgan fingerprint density at radius 1 is 1.29 bits per heavy atom.